The van der Waals surface area contributed by atoms with Crippen molar-refractivity contribution in [1.82, 2.24) is 9.88 Å². The summed E-state index contributed by atoms with van der Waals surface area (Å²) in [5.74, 6) is -1.10. The zero-order chi connectivity index (χ0) is 18.9. The Balaban J connectivity index is 1.66. The molecule has 1 aliphatic rings. The van der Waals surface area contributed by atoms with Crippen LogP contribution in [0.15, 0.2) is 36.5 Å². The number of likely N-dealkylation sites (tertiary alicyclic amines) is 1. The van der Waals surface area contributed by atoms with E-state index in [0.717, 1.165) is 30.5 Å². The molecule has 26 heavy (non-hydrogen) atoms. The number of carbonyl (C=O) groups is 1. The van der Waals surface area contributed by atoms with Gasteiger partial charge in [0.15, 0.2) is 0 Å². The molecule has 0 saturated carbocycles. The summed E-state index contributed by atoms with van der Waals surface area (Å²) in [7, 11) is 0. The number of hydrogen-bond donors (Lipinski definition) is 0. The number of alkyl halides is 3. The quantitative estimate of drug-likeness (QED) is 0.741. The molecule has 9 heteroatoms. The van der Waals surface area contributed by atoms with E-state index in [-0.39, 0.29) is 23.0 Å². The molecule has 0 aliphatic carbocycles. The maximum Gasteiger partial charge on any atom is 0.416 e. The minimum atomic E-state index is -4.49. The molecule has 138 valence electrons. The number of halogens is 5. The van der Waals surface area contributed by atoms with Gasteiger partial charge in [-0.2, -0.15) is 13.2 Å². The first kappa shape index (κ1) is 18.4. The number of nitrogens with zero attached hydrogens (tertiary/aromatic N) is 2. The van der Waals surface area contributed by atoms with Crippen LogP contribution < -0.4 is 4.74 Å². The van der Waals surface area contributed by atoms with E-state index in [4.69, 9.17) is 16.3 Å². The summed E-state index contributed by atoms with van der Waals surface area (Å²) in [6, 6.07) is 5.15. The fraction of sp³-hybridized carbons (Fsp3) is 0.294. The lowest BCUT2D eigenvalue weighted by molar-refractivity contribution is -0.137. The van der Waals surface area contributed by atoms with E-state index in [1.54, 1.807) is 0 Å². The Labute approximate surface area is 151 Å². The second kappa shape index (κ2) is 7.11. The summed E-state index contributed by atoms with van der Waals surface area (Å²) in [5, 5.41) is -0.00101. The zero-order valence-electron chi connectivity index (χ0n) is 13.3. The lowest BCUT2D eigenvalue weighted by Crippen LogP contribution is -2.31. The molecule has 4 nitrogen and oxygen atoms in total. The molecule has 2 aromatic rings. The van der Waals surface area contributed by atoms with Crippen LogP contribution in [0.3, 0.4) is 0 Å². The lowest BCUT2D eigenvalue weighted by atomic mass is 10.2. The third-order valence-corrected chi connectivity index (χ3v) is 4.26. The molecule has 1 aliphatic heterocycles. The van der Waals surface area contributed by atoms with E-state index in [9.17, 15) is 22.4 Å². The Bertz CT molecular complexity index is 829. The van der Waals surface area contributed by atoms with Crippen LogP contribution in [0, 0.1) is 5.82 Å². The van der Waals surface area contributed by atoms with Crippen molar-refractivity contribution in [3.63, 3.8) is 0 Å². The molecule has 0 N–H and O–H groups in total. The van der Waals surface area contributed by atoms with Crippen LogP contribution in [-0.2, 0) is 6.18 Å². The van der Waals surface area contributed by atoms with Gasteiger partial charge in [-0.15, -0.1) is 0 Å². The van der Waals surface area contributed by atoms with E-state index in [2.05, 4.69) is 4.98 Å². The summed E-state index contributed by atoms with van der Waals surface area (Å²) >= 11 is 5.89. The molecule has 3 rings (SSSR count). The number of amides is 1. The first-order valence-electron chi connectivity index (χ1n) is 7.68. The van der Waals surface area contributed by atoms with Crippen LogP contribution in [0.25, 0.3) is 0 Å². The van der Waals surface area contributed by atoms with Gasteiger partial charge in [-0.1, -0.05) is 11.6 Å². The molecule has 1 saturated heterocycles. The van der Waals surface area contributed by atoms with Crippen LogP contribution >= 0.6 is 11.6 Å². The summed E-state index contributed by atoms with van der Waals surface area (Å²) in [6.07, 6.45) is -3.52. The van der Waals surface area contributed by atoms with E-state index in [0.29, 0.717) is 13.0 Å². The summed E-state index contributed by atoms with van der Waals surface area (Å²) in [4.78, 5) is 17.7. The van der Waals surface area contributed by atoms with Crippen molar-refractivity contribution in [3.05, 3.63) is 58.5 Å². The molecule has 2 heterocycles. The predicted octanol–water partition coefficient (Wildman–Crippen LogP) is 4.19. The second-order valence-corrected chi connectivity index (χ2v) is 6.19. The number of hydrogen-bond acceptors (Lipinski definition) is 3. The van der Waals surface area contributed by atoms with Gasteiger partial charge in [0.05, 0.1) is 22.7 Å². The average molecular weight is 389 g/mol. The summed E-state index contributed by atoms with van der Waals surface area (Å²) in [5.41, 5.74) is -0.697. The van der Waals surface area contributed by atoms with Gasteiger partial charge in [0, 0.05) is 25.2 Å². The highest BCUT2D eigenvalue weighted by molar-refractivity contribution is 6.33. The first-order chi connectivity index (χ1) is 12.2. The normalized spacial score (nSPS) is 17.4. The lowest BCUT2D eigenvalue weighted by Gasteiger charge is -2.18. The molecule has 0 unspecified atom stereocenters. The molecule has 1 aromatic carbocycles. The average Bonchev–Trinajstić information content (AvgIpc) is 3.02. The molecular formula is C17H13ClF4N2O2. The molecular weight excluding hydrogens is 376 g/mol. The summed E-state index contributed by atoms with van der Waals surface area (Å²) < 4.78 is 56.8. The highest BCUT2D eigenvalue weighted by atomic mass is 35.5. The standard InChI is InChI=1S/C17H13ClF4N2O2/c18-14-8-11(19)1-2-13(14)16(25)24-6-4-12(9-24)26-15-7-10(3-5-23-15)17(20,21)22/h1-3,5,7-8,12H,4,6,9H2/t12-/m0/s1. The third-order valence-electron chi connectivity index (χ3n) is 3.94. The van der Waals surface area contributed by atoms with Crippen molar-refractivity contribution in [1.29, 1.82) is 0 Å². The van der Waals surface area contributed by atoms with Crippen LogP contribution in [-0.4, -0.2) is 35.0 Å². The smallest absolute Gasteiger partial charge is 0.416 e. The molecule has 1 aromatic heterocycles. The molecule has 1 amide bonds. The Hall–Kier alpha value is -2.35. The van der Waals surface area contributed by atoms with Crippen LogP contribution in [0.4, 0.5) is 17.6 Å². The number of aromatic nitrogens is 1. The van der Waals surface area contributed by atoms with E-state index in [1.807, 2.05) is 0 Å². The Kier molecular flexibility index (Phi) is 5.04. The third kappa shape index (κ3) is 4.07. The van der Waals surface area contributed by atoms with Crippen molar-refractivity contribution in [2.75, 3.05) is 13.1 Å². The maximum atomic E-state index is 13.1. The number of benzene rings is 1. The number of ether oxygens (including phenoxy) is 1. The SMILES string of the molecule is O=C(c1ccc(F)cc1Cl)N1CC[C@H](Oc2cc(C(F)(F)F)ccn2)C1. The van der Waals surface area contributed by atoms with Gasteiger partial charge in [-0.25, -0.2) is 9.37 Å². The van der Waals surface area contributed by atoms with Crippen LogP contribution in [0.2, 0.25) is 5.02 Å². The molecule has 0 bridgehead atoms. The fourth-order valence-corrected chi connectivity index (χ4v) is 2.91. The monoisotopic (exact) mass is 388 g/mol. The van der Waals surface area contributed by atoms with Crippen molar-refractivity contribution in [2.24, 2.45) is 0 Å². The topological polar surface area (TPSA) is 42.4 Å². The van der Waals surface area contributed by atoms with Crippen molar-refractivity contribution < 1.29 is 27.1 Å². The molecule has 1 atom stereocenters. The predicted molar refractivity (Wildman–Crippen MR) is 85.6 cm³/mol. The number of rotatable bonds is 3. The largest absolute Gasteiger partial charge is 0.472 e. The summed E-state index contributed by atoms with van der Waals surface area (Å²) in [6.45, 7) is 0.515. The van der Waals surface area contributed by atoms with Crippen molar-refractivity contribution in [3.8, 4) is 5.88 Å². The number of carbonyl (C=O) groups excluding carboxylic acids is 1. The Morgan fingerprint density at radius 2 is 2.04 bits per heavy atom. The van der Waals surface area contributed by atoms with Gasteiger partial charge in [-0.05, 0) is 24.3 Å². The highest BCUT2D eigenvalue weighted by Crippen LogP contribution is 2.31. The van der Waals surface area contributed by atoms with Gasteiger partial charge in [0.2, 0.25) is 5.88 Å². The zero-order valence-corrected chi connectivity index (χ0v) is 14.0. The van der Waals surface area contributed by atoms with Crippen LogP contribution in [0.5, 0.6) is 5.88 Å². The molecule has 1 fully saturated rings. The minimum absolute atomic E-state index is 0.00101. The van der Waals surface area contributed by atoms with Gasteiger partial charge in [0.1, 0.15) is 11.9 Å². The fourth-order valence-electron chi connectivity index (χ4n) is 2.66. The number of pyridine rings is 1. The maximum absolute atomic E-state index is 13.1. The van der Waals surface area contributed by atoms with Gasteiger partial charge in [0.25, 0.3) is 5.91 Å². The Morgan fingerprint density at radius 3 is 2.73 bits per heavy atom. The van der Waals surface area contributed by atoms with E-state index >= 15 is 0 Å². The first-order valence-corrected chi connectivity index (χ1v) is 8.06. The van der Waals surface area contributed by atoms with Gasteiger partial charge >= 0.3 is 6.18 Å². The second-order valence-electron chi connectivity index (χ2n) is 5.78. The Morgan fingerprint density at radius 1 is 1.27 bits per heavy atom. The minimum Gasteiger partial charge on any atom is -0.472 e. The van der Waals surface area contributed by atoms with Gasteiger partial charge < -0.3 is 9.64 Å². The van der Waals surface area contributed by atoms with E-state index in [1.165, 1.54) is 11.0 Å². The highest BCUT2D eigenvalue weighted by Gasteiger charge is 2.32. The van der Waals surface area contributed by atoms with E-state index < -0.39 is 29.6 Å². The van der Waals surface area contributed by atoms with Crippen molar-refractivity contribution >= 4 is 17.5 Å². The van der Waals surface area contributed by atoms with Gasteiger partial charge in [-0.3, -0.25) is 4.79 Å². The molecule has 0 spiro atoms. The molecule has 0 radical (unpaired) electrons. The van der Waals surface area contributed by atoms with Crippen molar-refractivity contribution in [2.45, 2.75) is 18.7 Å². The van der Waals surface area contributed by atoms with Crippen LogP contribution in [0.1, 0.15) is 22.3 Å².